The molecule has 0 fully saturated rings. The molecule has 0 radical (unpaired) electrons. The first-order valence-corrected chi connectivity index (χ1v) is 9.52. The molecule has 2 aromatic rings. The van der Waals surface area contributed by atoms with Crippen LogP contribution in [0.4, 0.5) is 17.2 Å². The van der Waals surface area contributed by atoms with Crippen molar-refractivity contribution in [3.8, 4) is 17.2 Å². The van der Waals surface area contributed by atoms with Crippen LogP contribution in [0.2, 0.25) is 0 Å². The average Bonchev–Trinajstić information content (AvgIpc) is 2.76. The predicted octanol–water partition coefficient (Wildman–Crippen LogP) is 1.13. The molecule has 2 rings (SSSR count). The molecular weight excluding hydrogens is 426 g/mol. The summed E-state index contributed by atoms with van der Waals surface area (Å²) in [5.74, 6) is -1.59. The standard InChI is InChI=1S/C19H25N5O8/c1-6-7-8-23-16(20)13(17(25)21-19(23)27)22(2)18(26)10-9-11(30-3)14(31-4)15(32-5)12(10)24(28)29/h9H,6-8,20H2,1-5H3,(H,21,25,27). The van der Waals surface area contributed by atoms with Crippen LogP contribution >= 0.6 is 0 Å². The predicted molar refractivity (Wildman–Crippen MR) is 116 cm³/mol. The van der Waals surface area contributed by atoms with E-state index in [1.165, 1.54) is 28.4 Å². The van der Waals surface area contributed by atoms with Crippen molar-refractivity contribution < 1.29 is 23.9 Å². The SMILES string of the molecule is CCCCn1c(N)c(N(C)C(=O)c2cc(OC)c(OC)c(OC)c2[N+](=O)[O-])c(=O)[nH]c1=O. The molecule has 0 aliphatic heterocycles. The zero-order chi connectivity index (χ0) is 24.2. The van der Waals surface area contributed by atoms with Gasteiger partial charge in [-0.05, 0) is 6.42 Å². The Bertz CT molecular complexity index is 1150. The quantitative estimate of drug-likeness (QED) is 0.418. The van der Waals surface area contributed by atoms with E-state index < -0.39 is 33.3 Å². The molecule has 0 unspecified atom stereocenters. The number of nitrogens with one attached hydrogen (secondary N) is 1. The summed E-state index contributed by atoms with van der Waals surface area (Å²) < 4.78 is 16.6. The van der Waals surface area contributed by atoms with Crippen molar-refractivity contribution in [1.29, 1.82) is 0 Å². The monoisotopic (exact) mass is 451 g/mol. The minimum atomic E-state index is -0.950. The highest BCUT2D eigenvalue weighted by Gasteiger charge is 2.35. The highest BCUT2D eigenvalue weighted by Crippen LogP contribution is 2.46. The van der Waals surface area contributed by atoms with Crippen LogP contribution in [0.3, 0.4) is 0 Å². The number of hydrogen-bond donors (Lipinski definition) is 2. The van der Waals surface area contributed by atoms with Crippen molar-refractivity contribution >= 4 is 23.1 Å². The summed E-state index contributed by atoms with van der Waals surface area (Å²) in [6.45, 7) is 2.13. The van der Waals surface area contributed by atoms with Gasteiger partial charge in [0.2, 0.25) is 11.5 Å². The van der Waals surface area contributed by atoms with Gasteiger partial charge < -0.3 is 24.8 Å². The molecule has 1 aromatic carbocycles. The fraction of sp³-hybridized carbons (Fsp3) is 0.421. The lowest BCUT2D eigenvalue weighted by Crippen LogP contribution is -2.39. The van der Waals surface area contributed by atoms with Gasteiger partial charge >= 0.3 is 11.4 Å². The number of carbonyl (C=O) groups excluding carboxylic acids is 1. The number of carbonyl (C=O) groups is 1. The Kier molecular flexibility index (Phi) is 7.46. The molecule has 0 saturated carbocycles. The minimum absolute atomic E-state index is 0.00139. The Morgan fingerprint density at radius 3 is 2.34 bits per heavy atom. The number of amides is 1. The van der Waals surface area contributed by atoms with Gasteiger partial charge in [0.05, 0.1) is 26.3 Å². The van der Waals surface area contributed by atoms with Gasteiger partial charge in [-0.3, -0.25) is 29.3 Å². The van der Waals surface area contributed by atoms with E-state index in [4.69, 9.17) is 19.9 Å². The van der Waals surface area contributed by atoms with E-state index in [1.54, 1.807) is 0 Å². The summed E-state index contributed by atoms with van der Waals surface area (Å²) in [7, 11) is 4.93. The highest BCUT2D eigenvalue weighted by molar-refractivity contribution is 6.10. The molecule has 13 heteroatoms. The first-order chi connectivity index (χ1) is 15.1. The molecule has 1 heterocycles. The summed E-state index contributed by atoms with van der Waals surface area (Å²) in [6.07, 6.45) is 1.36. The number of ether oxygens (including phenoxy) is 3. The summed E-state index contributed by atoms with van der Waals surface area (Å²) in [4.78, 5) is 51.9. The molecule has 0 atom stereocenters. The van der Waals surface area contributed by atoms with Crippen LogP contribution in [-0.4, -0.2) is 48.8 Å². The number of aromatic nitrogens is 2. The van der Waals surface area contributed by atoms with Crippen LogP contribution in [0.25, 0.3) is 0 Å². The van der Waals surface area contributed by atoms with Crippen molar-refractivity contribution in [3.05, 3.63) is 42.6 Å². The molecule has 0 aliphatic rings. The number of benzene rings is 1. The maximum atomic E-state index is 13.3. The van der Waals surface area contributed by atoms with Gasteiger partial charge in [0.1, 0.15) is 11.4 Å². The van der Waals surface area contributed by atoms with E-state index in [-0.39, 0.29) is 35.3 Å². The summed E-state index contributed by atoms with van der Waals surface area (Å²) in [5, 5.41) is 11.8. The van der Waals surface area contributed by atoms with Crippen LogP contribution in [0.15, 0.2) is 15.7 Å². The van der Waals surface area contributed by atoms with Crippen LogP contribution in [0, 0.1) is 10.1 Å². The number of nitro benzene ring substituents is 1. The molecule has 3 N–H and O–H groups in total. The third-order valence-electron chi connectivity index (χ3n) is 4.81. The number of rotatable bonds is 9. The number of hydrogen-bond acceptors (Lipinski definition) is 9. The normalized spacial score (nSPS) is 10.5. The van der Waals surface area contributed by atoms with Gasteiger partial charge in [0.15, 0.2) is 11.4 Å². The summed E-state index contributed by atoms with van der Waals surface area (Å²) in [5.41, 5.74) is 2.97. The number of nitrogens with zero attached hydrogens (tertiary/aromatic N) is 3. The first kappa shape index (κ1) is 24.2. The second-order valence-corrected chi connectivity index (χ2v) is 6.66. The number of nitro groups is 1. The van der Waals surface area contributed by atoms with E-state index >= 15 is 0 Å². The fourth-order valence-electron chi connectivity index (χ4n) is 3.21. The Hall–Kier alpha value is -4.03. The maximum absolute atomic E-state index is 13.3. The molecule has 1 amide bonds. The summed E-state index contributed by atoms with van der Waals surface area (Å²) in [6, 6.07) is 1.11. The van der Waals surface area contributed by atoms with Crippen LogP contribution < -0.4 is 36.1 Å². The largest absolute Gasteiger partial charge is 0.493 e. The Balaban J connectivity index is 2.75. The number of anilines is 2. The van der Waals surface area contributed by atoms with Gasteiger partial charge in [-0.1, -0.05) is 13.3 Å². The topological polar surface area (TPSA) is 172 Å². The van der Waals surface area contributed by atoms with Gasteiger partial charge in [-0.2, -0.15) is 0 Å². The molecule has 174 valence electrons. The first-order valence-electron chi connectivity index (χ1n) is 9.52. The molecule has 13 nitrogen and oxygen atoms in total. The van der Waals surface area contributed by atoms with E-state index in [0.29, 0.717) is 6.42 Å². The molecule has 0 spiro atoms. The van der Waals surface area contributed by atoms with Crippen molar-refractivity contribution in [2.45, 2.75) is 26.3 Å². The van der Waals surface area contributed by atoms with Crippen molar-refractivity contribution in [1.82, 2.24) is 9.55 Å². The van der Waals surface area contributed by atoms with Crippen LogP contribution in [0.1, 0.15) is 30.1 Å². The molecule has 0 bridgehead atoms. The second-order valence-electron chi connectivity index (χ2n) is 6.66. The van der Waals surface area contributed by atoms with Gasteiger partial charge in [0, 0.05) is 19.7 Å². The lowest BCUT2D eigenvalue weighted by molar-refractivity contribution is -0.386. The summed E-state index contributed by atoms with van der Waals surface area (Å²) >= 11 is 0. The Morgan fingerprint density at radius 1 is 1.22 bits per heavy atom. The third kappa shape index (κ3) is 4.22. The lowest BCUT2D eigenvalue weighted by Gasteiger charge is -2.21. The van der Waals surface area contributed by atoms with Gasteiger partial charge in [-0.25, -0.2) is 4.79 Å². The Morgan fingerprint density at radius 2 is 1.84 bits per heavy atom. The lowest BCUT2D eigenvalue weighted by atomic mass is 10.1. The van der Waals surface area contributed by atoms with E-state index in [0.717, 1.165) is 22.0 Å². The van der Waals surface area contributed by atoms with Gasteiger partial charge in [-0.15, -0.1) is 0 Å². The number of nitrogen functional groups attached to an aromatic ring is 1. The number of nitrogens with two attached hydrogens (primary N) is 1. The van der Waals surface area contributed by atoms with Crippen molar-refractivity contribution in [3.63, 3.8) is 0 Å². The van der Waals surface area contributed by atoms with Crippen molar-refractivity contribution in [2.24, 2.45) is 0 Å². The zero-order valence-corrected chi connectivity index (χ0v) is 18.4. The van der Waals surface area contributed by atoms with Crippen LogP contribution in [0.5, 0.6) is 17.2 Å². The third-order valence-corrected chi connectivity index (χ3v) is 4.81. The van der Waals surface area contributed by atoms with Crippen LogP contribution in [-0.2, 0) is 6.54 Å². The van der Waals surface area contributed by atoms with E-state index in [9.17, 15) is 24.5 Å². The van der Waals surface area contributed by atoms with E-state index in [1.807, 2.05) is 6.92 Å². The smallest absolute Gasteiger partial charge is 0.330 e. The molecular formula is C19H25N5O8. The molecule has 32 heavy (non-hydrogen) atoms. The second kappa shape index (κ2) is 9.85. The molecule has 0 saturated heterocycles. The average molecular weight is 451 g/mol. The highest BCUT2D eigenvalue weighted by atomic mass is 16.6. The fourth-order valence-corrected chi connectivity index (χ4v) is 3.21. The number of H-pyrrole nitrogens is 1. The van der Waals surface area contributed by atoms with E-state index in [2.05, 4.69) is 4.98 Å². The maximum Gasteiger partial charge on any atom is 0.330 e. The molecule has 1 aromatic heterocycles. The zero-order valence-electron chi connectivity index (χ0n) is 18.4. The Labute approximate surface area is 182 Å². The number of unbranched alkanes of at least 4 members (excludes halogenated alkanes) is 1. The molecule has 0 aliphatic carbocycles. The minimum Gasteiger partial charge on any atom is -0.493 e. The number of methoxy groups -OCH3 is 3. The van der Waals surface area contributed by atoms with Crippen molar-refractivity contribution in [2.75, 3.05) is 39.0 Å². The van der Waals surface area contributed by atoms with Gasteiger partial charge in [0.25, 0.3) is 11.5 Å². The number of aromatic amines is 1.